The number of carbonyl (C=O) groups is 1. The van der Waals surface area contributed by atoms with Gasteiger partial charge in [0.1, 0.15) is 24.4 Å². The number of aliphatic hydroxyl groups excluding tert-OH is 5. The minimum atomic E-state index is -1.57. The summed E-state index contributed by atoms with van der Waals surface area (Å²) in [6.45, 7) is 3.66. The minimum Gasteiger partial charge on any atom is -0.394 e. The van der Waals surface area contributed by atoms with Crippen molar-refractivity contribution >= 4 is 5.91 Å². The van der Waals surface area contributed by atoms with E-state index in [9.17, 15) is 30.3 Å². The van der Waals surface area contributed by atoms with Gasteiger partial charge in [0.05, 0.1) is 25.4 Å². The summed E-state index contributed by atoms with van der Waals surface area (Å²) in [6, 6.07) is -0.820. The number of hydrogen-bond acceptors (Lipinski definition) is 8. The second-order valence-corrected chi connectivity index (χ2v) is 13.0. The fourth-order valence-electron chi connectivity index (χ4n) is 5.60. The normalized spacial score (nSPS) is 23.3. The monoisotopic (exact) mass is 668 g/mol. The van der Waals surface area contributed by atoms with E-state index in [-0.39, 0.29) is 12.5 Å². The van der Waals surface area contributed by atoms with Gasteiger partial charge in [0.25, 0.3) is 0 Å². The maximum atomic E-state index is 12.7. The van der Waals surface area contributed by atoms with Crippen LogP contribution in [0.25, 0.3) is 0 Å². The predicted octanol–water partition coefficient (Wildman–Crippen LogP) is 6.16. The summed E-state index contributed by atoms with van der Waals surface area (Å²) in [5.74, 6) is -0.201. The Morgan fingerprint density at radius 2 is 1.21 bits per heavy atom. The number of nitrogens with one attached hydrogen (secondary N) is 1. The van der Waals surface area contributed by atoms with Crippen LogP contribution < -0.4 is 5.32 Å². The van der Waals surface area contributed by atoms with Gasteiger partial charge in [-0.2, -0.15) is 0 Å². The molecule has 0 spiro atoms. The summed E-state index contributed by atoms with van der Waals surface area (Å²) >= 11 is 0. The lowest BCUT2D eigenvalue weighted by molar-refractivity contribution is -0.302. The number of rotatable bonds is 29. The Balaban J connectivity index is 2.48. The van der Waals surface area contributed by atoms with Crippen molar-refractivity contribution in [2.24, 2.45) is 0 Å². The number of unbranched alkanes of at least 4 members (excludes halogenated alkanes) is 15. The molecule has 1 aliphatic heterocycles. The quantitative estimate of drug-likeness (QED) is 0.0411. The van der Waals surface area contributed by atoms with Crippen LogP contribution in [0.3, 0.4) is 0 Å². The zero-order chi connectivity index (χ0) is 34.5. The molecule has 1 fully saturated rings. The van der Waals surface area contributed by atoms with Gasteiger partial charge in [-0.05, 0) is 44.9 Å². The molecular weight excluding hydrogens is 598 g/mol. The molecule has 0 radical (unpaired) electrons. The molecule has 0 aromatic carbocycles. The molecule has 1 aliphatic rings. The van der Waals surface area contributed by atoms with Crippen molar-refractivity contribution in [3.8, 4) is 0 Å². The van der Waals surface area contributed by atoms with E-state index in [2.05, 4.69) is 43.5 Å². The molecular formula is C38H69NO8. The number of allylic oxidation sites excluding steroid dienone is 5. The van der Waals surface area contributed by atoms with Crippen molar-refractivity contribution in [3.63, 3.8) is 0 Å². The molecule has 6 N–H and O–H groups in total. The SMILES string of the molecule is CCCCCCCCC/C=C/CC/C=C/CC/C=C/C(O)C(COC1OC(CO)C(O)C(O)C1O)NC(=O)CCCCCCCCC. The molecule has 1 rings (SSSR count). The van der Waals surface area contributed by atoms with Crippen molar-refractivity contribution in [2.75, 3.05) is 13.2 Å². The van der Waals surface area contributed by atoms with E-state index in [1.807, 2.05) is 6.08 Å². The summed E-state index contributed by atoms with van der Waals surface area (Å²) in [7, 11) is 0. The van der Waals surface area contributed by atoms with Crippen molar-refractivity contribution < 1.29 is 39.8 Å². The summed E-state index contributed by atoms with van der Waals surface area (Å²) < 4.78 is 11.1. The Morgan fingerprint density at radius 3 is 1.79 bits per heavy atom. The number of amides is 1. The van der Waals surface area contributed by atoms with Crippen LogP contribution in [0.2, 0.25) is 0 Å². The van der Waals surface area contributed by atoms with Crippen LogP contribution in [0, 0.1) is 0 Å². The van der Waals surface area contributed by atoms with Crippen LogP contribution >= 0.6 is 0 Å². The smallest absolute Gasteiger partial charge is 0.220 e. The van der Waals surface area contributed by atoms with E-state index in [4.69, 9.17) is 9.47 Å². The molecule has 47 heavy (non-hydrogen) atoms. The maximum absolute atomic E-state index is 12.7. The highest BCUT2D eigenvalue weighted by atomic mass is 16.7. The lowest BCUT2D eigenvalue weighted by Crippen LogP contribution is -2.60. The minimum absolute atomic E-state index is 0.201. The summed E-state index contributed by atoms with van der Waals surface area (Å²) in [6.07, 6.45) is 26.4. The van der Waals surface area contributed by atoms with E-state index in [0.717, 1.165) is 44.9 Å². The standard InChI is InChI=1S/C38H69NO8/c1-3-5-7-9-11-12-13-14-15-16-17-18-19-20-22-23-25-27-32(41)31(39-34(42)28-26-24-21-10-8-6-4-2)30-46-38-37(45)36(44)35(43)33(29-40)47-38/h15-16,19-20,25,27,31-33,35-38,40-41,43-45H,3-14,17-18,21-24,26,28-30H2,1-2H3,(H,39,42)/b16-15+,20-19+,27-25+. The molecule has 1 saturated heterocycles. The molecule has 7 atom stereocenters. The molecule has 274 valence electrons. The van der Waals surface area contributed by atoms with Crippen LogP contribution in [-0.4, -0.2) is 87.5 Å². The lowest BCUT2D eigenvalue weighted by atomic mass is 9.99. The van der Waals surface area contributed by atoms with Crippen LogP contribution in [0.5, 0.6) is 0 Å². The second-order valence-electron chi connectivity index (χ2n) is 13.0. The molecule has 9 heteroatoms. The van der Waals surface area contributed by atoms with E-state index in [0.29, 0.717) is 6.42 Å². The second kappa shape index (κ2) is 29.3. The predicted molar refractivity (Wildman–Crippen MR) is 189 cm³/mol. The van der Waals surface area contributed by atoms with Crippen LogP contribution in [0.1, 0.15) is 142 Å². The first-order valence-corrected chi connectivity index (χ1v) is 18.7. The third-order valence-corrected chi connectivity index (χ3v) is 8.70. The largest absolute Gasteiger partial charge is 0.394 e. The van der Waals surface area contributed by atoms with Gasteiger partial charge in [0.2, 0.25) is 5.91 Å². The van der Waals surface area contributed by atoms with E-state index in [1.54, 1.807) is 6.08 Å². The number of aliphatic hydroxyl groups is 5. The number of ether oxygens (including phenoxy) is 2. The van der Waals surface area contributed by atoms with Crippen molar-refractivity contribution in [2.45, 2.75) is 185 Å². The Hall–Kier alpha value is -1.59. The molecule has 0 aromatic rings. The molecule has 9 nitrogen and oxygen atoms in total. The van der Waals surface area contributed by atoms with Crippen LogP contribution in [-0.2, 0) is 14.3 Å². The van der Waals surface area contributed by atoms with Crippen molar-refractivity contribution in [3.05, 3.63) is 36.5 Å². The molecule has 7 unspecified atom stereocenters. The highest BCUT2D eigenvalue weighted by Crippen LogP contribution is 2.22. The first-order chi connectivity index (χ1) is 22.8. The summed E-state index contributed by atoms with van der Waals surface area (Å²) in [5.41, 5.74) is 0. The Morgan fingerprint density at radius 1 is 0.702 bits per heavy atom. The first kappa shape index (κ1) is 43.4. The first-order valence-electron chi connectivity index (χ1n) is 18.7. The fraction of sp³-hybridized carbons (Fsp3) is 0.816. The summed E-state index contributed by atoms with van der Waals surface area (Å²) in [5, 5.41) is 53.7. The van der Waals surface area contributed by atoms with Crippen molar-refractivity contribution in [1.29, 1.82) is 0 Å². The van der Waals surface area contributed by atoms with Crippen molar-refractivity contribution in [1.82, 2.24) is 5.32 Å². The summed E-state index contributed by atoms with van der Waals surface area (Å²) in [4.78, 5) is 12.7. The third kappa shape index (κ3) is 21.2. The van der Waals surface area contributed by atoms with Crippen LogP contribution in [0.4, 0.5) is 0 Å². The zero-order valence-electron chi connectivity index (χ0n) is 29.5. The van der Waals surface area contributed by atoms with E-state index < -0.39 is 49.5 Å². The molecule has 1 heterocycles. The highest BCUT2D eigenvalue weighted by Gasteiger charge is 2.44. The van der Waals surface area contributed by atoms with Crippen LogP contribution in [0.15, 0.2) is 36.5 Å². The Bertz CT molecular complexity index is 833. The topological polar surface area (TPSA) is 149 Å². The maximum Gasteiger partial charge on any atom is 0.220 e. The Labute approximate surface area is 285 Å². The highest BCUT2D eigenvalue weighted by molar-refractivity contribution is 5.76. The molecule has 1 amide bonds. The fourth-order valence-corrected chi connectivity index (χ4v) is 5.60. The average molecular weight is 668 g/mol. The van der Waals surface area contributed by atoms with Gasteiger partial charge in [-0.3, -0.25) is 4.79 Å². The van der Waals surface area contributed by atoms with Gasteiger partial charge >= 0.3 is 0 Å². The van der Waals surface area contributed by atoms with Gasteiger partial charge in [0, 0.05) is 6.42 Å². The lowest BCUT2D eigenvalue weighted by Gasteiger charge is -2.40. The Kier molecular flexibility index (Phi) is 27.1. The number of hydrogen-bond donors (Lipinski definition) is 6. The van der Waals surface area contributed by atoms with Gasteiger partial charge < -0.3 is 40.3 Å². The van der Waals surface area contributed by atoms with Gasteiger partial charge in [0.15, 0.2) is 6.29 Å². The number of carbonyl (C=O) groups excluding carboxylic acids is 1. The average Bonchev–Trinajstić information content (AvgIpc) is 3.07. The van der Waals surface area contributed by atoms with E-state index >= 15 is 0 Å². The molecule has 0 bridgehead atoms. The van der Waals surface area contributed by atoms with Gasteiger partial charge in [-0.1, -0.05) is 127 Å². The zero-order valence-corrected chi connectivity index (χ0v) is 29.5. The van der Waals surface area contributed by atoms with Gasteiger partial charge in [-0.15, -0.1) is 0 Å². The van der Waals surface area contributed by atoms with Gasteiger partial charge in [-0.25, -0.2) is 0 Å². The third-order valence-electron chi connectivity index (χ3n) is 8.70. The molecule has 0 aliphatic carbocycles. The molecule has 0 aromatic heterocycles. The van der Waals surface area contributed by atoms with E-state index in [1.165, 1.54) is 77.0 Å². The molecule has 0 saturated carbocycles.